The Kier molecular flexibility index (Phi) is 4.26. The molecule has 0 atom stereocenters. The van der Waals surface area contributed by atoms with Crippen LogP contribution in [0.3, 0.4) is 0 Å². The summed E-state index contributed by atoms with van der Waals surface area (Å²) in [6, 6.07) is 8.11. The van der Waals surface area contributed by atoms with Gasteiger partial charge in [0.05, 0.1) is 11.5 Å². The number of rotatable bonds is 1. The third kappa shape index (κ3) is 4.39. The van der Waals surface area contributed by atoms with E-state index in [1.165, 1.54) is 0 Å². The molecule has 5 heteroatoms. The quantitative estimate of drug-likeness (QED) is 0.589. The predicted octanol–water partition coefficient (Wildman–Crippen LogP) is 2.15. The minimum absolute atomic E-state index is 0.254. The van der Waals surface area contributed by atoms with E-state index in [2.05, 4.69) is 36.0 Å². The summed E-state index contributed by atoms with van der Waals surface area (Å²) < 4.78 is 22.8. The fourth-order valence-electron chi connectivity index (χ4n) is 1.99. The van der Waals surface area contributed by atoms with Gasteiger partial charge in [-0.25, -0.2) is 8.42 Å². The monoisotopic (exact) mass is 307 g/mol. The topological polar surface area (TPSA) is 37.4 Å². The van der Waals surface area contributed by atoms with E-state index in [9.17, 15) is 8.42 Å². The molecule has 0 saturated carbocycles. The Labute approximate surface area is 122 Å². The molecular weight excluding hydrogens is 286 g/mol. The van der Waals surface area contributed by atoms with Crippen molar-refractivity contribution in [2.45, 2.75) is 19.6 Å². The van der Waals surface area contributed by atoms with Crippen LogP contribution < -0.4 is 4.90 Å². The lowest BCUT2D eigenvalue weighted by molar-refractivity contribution is 0.587. The molecule has 1 aromatic carbocycles. The average molecular weight is 307 g/mol. The van der Waals surface area contributed by atoms with Gasteiger partial charge in [-0.3, -0.25) is 0 Å². The fraction of sp³-hybridized carbons (Fsp3) is 0.467. The van der Waals surface area contributed by atoms with Crippen LogP contribution in [0.15, 0.2) is 24.3 Å². The van der Waals surface area contributed by atoms with E-state index in [-0.39, 0.29) is 11.5 Å². The number of benzene rings is 1. The standard InChI is InChI=1S/C15H21NO2SSi/c1-20(2,3)13-8-14-4-6-15(7-5-14)16-9-11-19(17,18)12-10-16/h4-7H,9-12H2,1-3H3. The van der Waals surface area contributed by atoms with Crippen molar-refractivity contribution in [1.82, 2.24) is 0 Å². The maximum atomic E-state index is 11.4. The second-order valence-electron chi connectivity index (χ2n) is 6.19. The summed E-state index contributed by atoms with van der Waals surface area (Å²) in [7, 11) is -4.16. The molecule has 1 fully saturated rings. The van der Waals surface area contributed by atoms with Crippen LogP contribution >= 0.6 is 0 Å². The lowest BCUT2D eigenvalue weighted by atomic mass is 10.2. The molecular formula is C15H21NO2SSi. The van der Waals surface area contributed by atoms with Gasteiger partial charge in [0, 0.05) is 24.3 Å². The smallest absolute Gasteiger partial charge is 0.153 e. The minimum Gasteiger partial charge on any atom is -0.369 e. The average Bonchev–Trinajstić information content (AvgIpc) is 2.36. The molecule has 3 nitrogen and oxygen atoms in total. The Hall–Kier alpha value is -1.25. The van der Waals surface area contributed by atoms with Crippen LogP contribution in [0.5, 0.6) is 0 Å². The van der Waals surface area contributed by atoms with Crippen molar-refractivity contribution in [1.29, 1.82) is 0 Å². The largest absolute Gasteiger partial charge is 0.369 e. The highest BCUT2D eigenvalue weighted by atomic mass is 32.2. The highest BCUT2D eigenvalue weighted by Gasteiger charge is 2.21. The zero-order chi connectivity index (χ0) is 14.8. The molecule has 0 aromatic heterocycles. The summed E-state index contributed by atoms with van der Waals surface area (Å²) in [4.78, 5) is 2.12. The number of hydrogen-bond acceptors (Lipinski definition) is 3. The first-order chi connectivity index (χ1) is 9.25. The fourth-order valence-corrected chi connectivity index (χ4v) is 3.71. The second-order valence-corrected chi connectivity index (χ2v) is 13.2. The molecule has 0 bridgehead atoms. The number of nitrogens with zero attached hydrogens (tertiary/aromatic N) is 1. The van der Waals surface area contributed by atoms with Crippen LogP contribution in [-0.2, 0) is 9.84 Å². The molecule has 0 spiro atoms. The Morgan fingerprint density at radius 3 is 2.10 bits per heavy atom. The van der Waals surface area contributed by atoms with Gasteiger partial charge in [0.1, 0.15) is 8.07 Å². The van der Waals surface area contributed by atoms with Crippen molar-refractivity contribution in [3.8, 4) is 11.5 Å². The third-order valence-corrected chi connectivity index (χ3v) is 5.64. The summed E-state index contributed by atoms with van der Waals surface area (Å²) in [5.41, 5.74) is 5.45. The molecule has 0 unspecified atom stereocenters. The SMILES string of the molecule is C[Si](C)(C)C#Cc1ccc(N2CCS(=O)(=O)CC2)cc1. The Morgan fingerprint density at radius 1 is 1.05 bits per heavy atom. The van der Waals surface area contributed by atoms with E-state index in [1.54, 1.807) is 0 Å². The van der Waals surface area contributed by atoms with E-state index in [0.717, 1.165) is 11.3 Å². The van der Waals surface area contributed by atoms with Crippen LogP contribution in [0.2, 0.25) is 19.6 Å². The van der Waals surface area contributed by atoms with Gasteiger partial charge in [0.2, 0.25) is 0 Å². The first-order valence-corrected chi connectivity index (χ1v) is 12.2. The molecule has 1 heterocycles. The zero-order valence-electron chi connectivity index (χ0n) is 12.3. The van der Waals surface area contributed by atoms with Gasteiger partial charge in [0.25, 0.3) is 0 Å². The second kappa shape index (κ2) is 5.62. The first kappa shape index (κ1) is 15.1. The Balaban J connectivity index is 2.07. The van der Waals surface area contributed by atoms with Crippen LogP contribution in [0, 0.1) is 11.5 Å². The normalized spacial score (nSPS) is 18.2. The Bertz CT molecular complexity index is 619. The van der Waals surface area contributed by atoms with Gasteiger partial charge in [0.15, 0.2) is 9.84 Å². The minimum atomic E-state index is -2.82. The maximum Gasteiger partial charge on any atom is 0.153 e. The molecule has 0 amide bonds. The molecule has 0 radical (unpaired) electrons. The van der Waals surface area contributed by atoms with Gasteiger partial charge in [-0.1, -0.05) is 25.6 Å². The molecule has 1 aliphatic heterocycles. The summed E-state index contributed by atoms with van der Waals surface area (Å²) in [5.74, 6) is 3.73. The summed E-state index contributed by atoms with van der Waals surface area (Å²) >= 11 is 0. The number of sulfone groups is 1. The van der Waals surface area contributed by atoms with Gasteiger partial charge < -0.3 is 4.90 Å². The van der Waals surface area contributed by atoms with Gasteiger partial charge in [-0.05, 0) is 24.3 Å². The molecule has 1 aliphatic rings. The van der Waals surface area contributed by atoms with Crippen molar-refractivity contribution in [3.63, 3.8) is 0 Å². The lowest BCUT2D eigenvalue weighted by Gasteiger charge is -2.28. The molecule has 1 aromatic rings. The predicted molar refractivity (Wildman–Crippen MR) is 87.5 cm³/mol. The molecule has 0 N–H and O–H groups in total. The van der Waals surface area contributed by atoms with Crippen molar-refractivity contribution in [2.75, 3.05) is 29.5 Å². The zero-order valence-corrected chi connectivity index (χ0v) is 14.1. The molecule has 1 saturated heterocycles. The van der Waals surface area contributed by atoms with Crippen LogP contribution in [0.1, 0.15) is 5.56 Å². The van der Waals surface area contributed by atoms with Gasteiger partial charge in [-0.2, -0.15) is 0 Å². The molecule has 2 rings (SSSR count). The van der Waals surface area contributed by atoms with E-state index < -0.39 is 17.9 Å². The van der Waals surface area contributed by atoms with Crippen LogP contribution in [0.25, 0.3) is 0 Å². The van der Waals surface area contributed by atoms with Gasteiger partial charge >= 0.3 is 0 Å². The highest BCUT2D eigenvalue weighted by Crippen LogP contribution is 2.17. The Morgan fingerprint density at radius 2 is 1.60 bits per heavy atom. The van der Waals surface area contributed by atoms with Crippen molar-refractivity contribution < 1.29 is 8.42 Å². The van der Waals surface area contributed by atoms with Gasteiger partial charge in [-0.15, -0.1) is 5.54 Å². The third-order valence-electron chi connectivity index (χ3n) is 3.16. The van der Waals surface area contributed by atoms with Crippen molar-refractivity contribution in [2.24, 2.45) is 0 Å². The highest BCUT2D eigenvalue weighted by molar-refractivity contribution is 7.91. The van der Waals surface area contributed by atoms with Crippen LogP contribution in [0.4, 0.5) is 5.69 Å². The van der Waals surface area contributed by atoms with Crippen molar-refractivity contribution >= 4 is 23.6 Å². The first-order valence-electron chi connectivity index (χ1n) is 6.84. The summed E-state index contributed by atoms with van der Waals surface area (Å²) in [6.07, 6.45) is 0. The van der Waals surface area contributed by atoms with E-state index in [1.807, 2.05) is 24.3 Å². The van der Waals surface area contributed by atoms with Crippen molar-refractivity contribution in [3.05, 3.63) is 29.8 Å². The maximum absolute atomic E-state index is 11.4. The molecule has 108 valence electrons. The summed E-state index contributed by atoms with van der Waals surface area (Å²) in [6.45, 7) is 7.85. The lowest BCUT2D eigenvalue weighted by Crippen LogP contribution is -2.40. The molecule has 20 heavy (non-hydrogen) atoms. The van der Waals surface area contributed by atoms with E-state index in [4.69, 9.17) is 0 Å². The molecule has 0 aliphatic carbocycles. The number of hydrogen-bond donors (Lipinski definition) is 0. The van der Waals surface area contributed by atoms with Crippen LogP contribution in [-0.4, -0.2) is 41.1 Å². The number of anilines is 1. The van der Waals surface area contributed by atoms with E-state index >= 15 is 0 Å². The summed E-state index contributed by atoms with van der Waals surface area (Å²) in [5, 5.41) is 0. The van der Waals surface area contributed by atoms with E-state index in [0.29, 0.717) is 13.1 Å².